The molecule has 0 saturated carbocycles. The monoisotopic (exact) mass is 454 g/mol. The van der Waals surface area contributed by atoms with E-state index >= 15 is 0 Å². The predicted octanol–water partition coefficient (Wildman–Crippen LogP) is 2.55. The molecule has 0 aliphatic heterocycles. The highest BCUT2D eigenvalue weighted by molar-refractivity contribution is 14.1. The molecular formula is C15H19IO6S. The summed E-state index contributed by atoms with van der Waals surface area (Å²) in [5.74, 6) is -0.910. The van der Waals surface area contributed by atoms with Gasteiger partial charge in [0.25, 0.3) is 0 Å². The van der Waals surface area contributed by atoms with Crippen molar-refractivity contribution in [2.45, 2.75) is 25.7 Å². The summed E-state index contributed by atoms with van der Waals surface area (Å²) in [7, 11) is -1.11. The molecule has 0 saturated heterocycles. The molecule has 0 spiro atoms. The number of carboxylic acid groups (broad SMARTS) is 1. The molecule has 2 N–H and O–H groups in total. The Labute approximate surface area is 150 Å². The van der Waals surface area contributed by atoms with Crippen molar-refractivity contribution in [3.8, 4) is 5.75 Å². The minimum Gasteiger partial charge on any atom is -0.507 e. The molecule has 1 aromatic rings. The molecule has 0 fully saturated rings. The number of halogens is 1. The van der Waals surface area contributed by atoms with E-state index in [0.29, 0.717) is 25.0 Å². The van der Waals surface area contributed by atoms with Gasteiger partial charge in [0.05, 0.1) is 5.75 Å². The van der Waals surface area contributed by atoms with Crippen LogP contribution in [0.15, 0.2) is 18.2 Å². The summed E-state index contributed by atoms with van der Waals surface area (Å²) >= 11 is 2.03. The van der Waals surface area contributed by atoms with Gasteiger partial charge in [-0.25, -0.2) is 4.79 Å². The smallest absolute Gasteiger partial charge is 0.341 e. The van der Waals surface area contributed by atoms with E-state index in [0.717, 1.165) is 3.57 Å². The van der Waals surface area contributed by atoms with Crippen LogP contribution < -0.4 is 0 Å². The first-order valence-electron chi connectivity index (χ1n) is 7.12. The Bertz CT molecular complexity index is 575. The van der Waals surface area contributed by atoms with Crippen molar-refractivity contribution >= 4 is 45.3 Å². The molecule has 0 aliphatic carbocycles. The number of carboxylic acids is 1. The number of phenols is 1. The number of hydrogen-bond acceptors (Lipinski definition) is 5. The van der Waals surface area contributed by atoms with E-state index in [-0.39, 0.29) is 30.1 Å². The van der Waals surface area contributed by atoms with Gasteiger partial charge in [-0.3, -0.25) is 9.00 Å². The van der Waals surface area contributed by atoms with Crippen LogP contribution in [0.25, 0.3) is 0 Å². The molecule has 6 nitrogen and oxygen atoms in total. The minimum atomic E-state index is -1.11. The molecule has 0 aromatic heterocycles. The van der Waals surface area contributed by atoms with E-state index in [1.54, 1.807) is 6.07 Å². The number of aliphatic carboxylic acids is 1. The fourth-order valence-electron chi connectivity index (χ4n) is 1.79. The van der Waals surface area contributed by atoms with Gasteiger partial charge in [0.2, 0.25) is 0 Å². The van der Waals surface area contributed by atoms with Crippen molar-refractivity contribution in [3.05, 3.63) is 27.3 Å². The zero-order valence-electron chi connectivity index (χ0n) is 12.5. The Morgan fingerprint density at radius 3 is 2.61 bits per heavy atom. The quantitative estimate of drug-likeness (QED) is 0.320. The normalized spacial score (nSPS) is 11.9. The molecule has 23 heavy (non-hydrogen) atoms. The standard InChI is InChI=1S/C15H19IO6S/c16-11-5-6-13(17)12(10-11)15(20)22-7-9-23(21)8-3-1-2-4-14(18)19/h5-6,10,17H,1-4,7-9H2,(H,18,19). The summed E-state index contributed by atoms with van der Waals surface area (Å²) in [6.07, 6.45) is 2.11. The first-order valence-corrected chi connectivity index (χ1v) is 9.69. The van der Waals surface area contributed by atoms with Gasteiger partial charge < -0.3 is 14.9 Å². The highest BCUT2D eigenvalue weighted by atomic mass is 127. The molecule has 0 heterocycles. The van der Waals surface area contributed by atoms with Crippen LogP contribution in [0.1, 0.15) is 36.0 Å². The summed E-state index contributed by atoms with van der Waals surface area (Å²) in [5.41, 5.74) is 0.0938. The molecule has 0 amide bonds. The molecule has 0 aliphatic rings. The largest absolute Gasteiger partial charge is 0.507 e. The Morgan fingerprint density at radius 2 is 1.91 bits per heavy atom. The number of hydrogen-bond donors (Lipinski definition) is 2. The lowest BCUT2D eigenvalue weighted by atomic mass is 10.2. The summed E-state index contributed by atoms with van der Waals surface area (Å²) in [4.78, 5) is 22.2. The summed E-state index contributed by atoms with van der Waals surface area (Å²) in [6, 6.07) is 4.62. The SMILES string of the molecule is O=C(O)CCCCCS(=O)CCOC(=O)c1cc(I)ccc1O. The Morgan fingerprint density at radius 1 is 1.17 bits per heavy atom. The van der Waals surface area contributed by atoms with Crippen LogP contribution in [0, 0.1) is 3.57 Å². The van der Waals surface area contributed by atoms with Crippen LogP contribution in [0.2, 0.25) is 0 Å². The van der Waals surface area contributed by atoms with Crippen molar-refractivity contribution in [1.29, 1.82) is 0 Å². The lowest BCUT2D eigenvalue weighted by Crippen LogP contribution is -2.14. The average Bonchev–Trinajstić information content (AvgIpc) is 2.49. The third-order valence-corrected chi connectivity index (χ3v) is 5.02. The number of carbonyl (C=O) groups is 2. The molecule has 128 valence electrons. The van der Waals surface area contributed by atoms with E-state index in [4.69, 9.17) is 9.84 Å². The number of aromatic hydroxyl groups is 1. The Balaban J connectivity index is 2.23. The number of benzene rings is 1. The van der Waals surface area contributed by atoms with Gasteiger partial charge in [-0.05, 0) is 53.6 Å². The lowest BCUT2D eigenvalue weighted by molar-refractivity contribution is -0.137. The van der Waals surface area contributed by atoms with Crippen LogP contribution in [0.3, 0.4) is 0 Å². The maximum atomic E-state index is 11.8. The highest BCUT2D eigenvalue weighted by Gasteiger charge is 2.13. The van der Waals surface area contributed by atoms with E-state index in [1.807, 2.05) is 22.6 Å². The highest BCUT2D eigenvalue weighted by Crippen LogP contribution is 2.20. The second kappa shape index (κ2) is 10.6. The van der Waals surface area contributed by atoms with Crippen LogP contribution in [0.4, 0.5) is 0 Å². The molecule has 1 unspecified atom stereocenters. The van der Waals surface area contributed by atoms with Crippen molar-refractivity contribution in [3.63, 3.8) is 0 Å². The zero-order valence-corrected chi connectivity index (χ0v) is 15.5. The molecule has 0 bridgehead atoms. The van der Waals surface area contributed by atoms with E-state index in [9.17, 15) is 18.9 Å². The predicted molar refractivity (Wildman–Crippen MR) is 95.1 cm³/mol. The number of phenolic OH excluding ortho intramolecular Hbond substituents is 1. The van der Waals surface area contributed by atoms with E-state index in [2.05, 4.69) is 0 Å². The van der Waals surface area contributed by atoms with Crippen molar-refractivity contribution in [2.75, 3.05) is 18.1 Å². The fraction of sp³-hybridized carbons (Fsp3) is 0.467. The van der Waals surface area contributed by atoms with Crippen LogP contribution in [-0.4, -0.2) is 44.5 Å². The maximum absolute atomic E-state index is 11.8. The van der Waals surface area contributed by atoms with Gasteiger partial charge in [0.1, 0.15) is 17.9 Å². The number of ether oxygens (including phenoxy) is 1. The number of rotatable bonds is 10. The number of esters is 1. The van der Waals surface area contributed by atoms with Gasteiger partial charge in [-0.1, -0.05) is 6.42 Å². The number of carbonyl (C=O) groups excluding carboxylic acids is 1. The van der Waals surface area contributed by atoms with E-state index < -0.39 is 22.7 Å². The van der Waals surface area contributed by atoms with Crippen molar-refractivity contribution < 1.29 is 28.7 Å². The lowest BCUT2D eigenvalue weighted by Gasteiger charge is -2.07. The first-order chi connectivity index (χ1) is 10.9. The van der Waals surface area contributed by atoms with Gasteiger partial charge in [-0.2, -0.15) is 0 Å². The van der Waals surface area contributed by atoms with Crippen LogP contribution >= 0.6 is 22.6 Å². The second-order valence-electron chi connectivity index (χ2n) is 4.85. The summed E-state index contributed by atoms with van der Waals surface area (Å²) in [5, 5.41) is 18.1. The van der Waals surface area contributed by atoms with Gasteiger partial charge >= 0.3 is 11.9 Å². The minimum absolute atomic E-state index is 0.0193. The summed E-state index contributed by atoms with van der Waals surface area (Å²) in [6.45, 7) is 0.0193. The fourth-order valence-corrected chi connectivity index (χ4v) is 3.29. The van der Waals surface area contributed by atoms with Crippen LogP contribution in [0.5, 0.6) is 5.75 Å². The Kier molecular flexibility index (Phi) is 9.15. The maximum Gasteiger partial charge on any atom is 0.341 e. The van der Waals surface area contributed by atoms with E-state index in [1.165, 1.54) is 12.1 Å². The molecular weight excluding hydrogens is 435 g/mol. The van der Waals surface area contributed by atoms with Crippen molar-refractivity contribution in [2.24, 2.45) is 0 Å². The van der Waals surface area contributed by atoms with Crippen molar-refractivity contribution in [1.82, 2.24) is 0 Å². The molecule has 1 rings (SSSR count). The van der Waals surface area contributed by atoms with Crippen LogP contribution in [-0.2, 0) is 20.3 Å². The number of unbranched alkanes of at least 4 members (excludes halogenated alkanes) is 2. The average molecular weight is 454 g/mol. The van der Waals surface area contributed by atoms with Gasteiger partial charge in [0, 0.05) is 26.5 Å². The van der Waals surface area contributed by atoms with Gasteiger partial charge in [-0.15, -0.1) is 0 Å². The Hall–Kier alpha value is -1.16. The second-order valence-corrected chi connectivity index (χ2v) is 7.79. The summed E-state index contributed by atoms with van der Waals surface area (Å²) < 4.78 is 17.6. The molecule has 8 heteroatoms. The third kappa shape index (κ3) is 8.31. The third-order valence-electron chi connectivity index (χ3n) is 2.99. The molecule has 1 aromatic carbocycles. The first kappa shape index (κ1) is 19.9. The molecule has 0 radical (unpaired) electrons. The zero-order chi connectivity index (χ0) is 17.2. The molecule has 1 atom stereocenters. The van der Waals surface area contributed by atoms with Gasteiger partial charge in [0.15, 0.2) is 0 Å². The topological polar surface area (TPSA) is 101 Å².